The van der Waals surface area contributed by atoms with Gasteiger partial charge in [0.1, 0.15) is 0 Å². The van der Waals surface area contributed by atoms with Gasteiger partial charge in [-0.2, -0.15) is 0 Å². The van der Waals surface area contributed by atoms with E-state index < -0.39 is 5.60 Å². The van der Waals surface area contributed by atoms with Crippen LogP contribution >= 0.6 is 0 Å². The summed E-state index contributed by atoms with van der Waals surface area (Å²) in [6.45, 7) is 12.4. The van der Waals surface area contributed by atoms with E-state index in [1.165, 1.54) is 11.1 Å². The highest BCUT2D eigenvalue weighted by Crippen LogP contribution is 2.24. The lowest BCUT2D eigenvalue weighted by molar-refractivity contribution is 0.0473. The number of hydrogen-bond donors (Lipinski definition) is 2. The topological polar surface area (TPSA) is 32.3 Å². The second kappa shape index (κ2) is 8.55. The summed E-state index contributed by atoms with van der Waals surface area (Å²) in [4.78, 5) is 0. The van der Waals surface area contributed by atoms with E-state index >= 15 is 0 Å². The maximum atomic E-state index is 10.4. The summed E-state index contributed by atoms with van der Waals surface area (Å²) >= 11 is 0. The average Bonchev–Trinajstić information content (AvgIpc) is 2.38. The van der Waals surface area contributed by atoms with Crippen molar-refractivity contribution in [1.29, 1.82) is 0 Å². The van der Waals surface area contributed by atoms with Gasteiger partial charge in [-0.15, -0.1) is 0 Å². The number of benzene rings is 1. The predicted molar refractivity (Wildman–Crippen MR) is 91.8 cm³/mol. The van der Waals surface area contributed by atoms with Crippen LogP contribution in [0.3, 0.4) is 0 Å². The molecule has 0 amide bonds. The molecule has 0 spiro atoms. The van der Waals surface area contributed by atoms with Gasteiger partial charge >= 0.3 is 0 Å². The minimum atomic E-state index is -0.595. The van der Waals surface area contributed by atoms with Crippen molar-refractivity contribution < 1.29 is 5.11 Å². The molecule has 1 aromatic rings. The van der Waals surface area contributed by atoms with Crippen LogP contribution in [0, 0.1) is 12.8 Å². The Bertz CT molecular complexity index is 395. The quantitative estimate of drug-likeness (QED) is 0.712. The third kappa shape index (κ3) is 7.63. The fourth-order valence-electron chi connectivity index (χ4n) is 2.57. The van der Waals surface area contributed by atoms with Crippen molar-refractivity contribution in [3.8, 4) is 0 Å². The summed E-state index contributed by atoms with van der Waals surface area (Å²) in [6.07, 6.45) is 3.04. The maximum Gasteiger partial charge on any atom is 0.0743 e. The molecule has 21 heavy (non-hydrogen) atoms. The van der Waals surface area contributed by atoms with Gasteiger partial charge in [0.15, 0.2) is 0 Å². The Morgan fingerprint density at radius 1 is 1.14 bits per heavy atom. The molecule has 0 aliphatic rings. The standard InChI is InChI=1S/C19H33NO/c1-15(2)13-20-14-19(5,21)12-6-7-17(4)18-10-8-16(3)9-11-18/h8-11,15,17,20-21H,6-7,12-14H2,1-5H3. The van der Waals surface area contributed by atoms with Crippen molar-refractivity contribution in [2.24, 2.45) is 5.92 Å². The molecule has 0 aliphatic carbocycles. The molecule has 1 rings (SSSR count). The van der Waals surface area contributed by atoms with Crippen molar-refractivity contribution >= 4 is 0 Å². The zero-order chi connectivity index (χ0) is 15.9. The first-order valence-electron chi connectivity index (χ1n) is 8.30. The molecule has 2 heteroatoms. The van der Waals surface area contributed by atoms with E-state index in [1.807, 2.05) is 6.92 Å². The molecule has 2 unspecified atom stereocenters. The van der Waals surface area contributed by atoms with Gasteiger partial charge in [0.2, 0.25) is 0 Å². The zero-order valence-corrected chi connectivity index (χ0v) is 14.4. The molecule has 1 aromatic carbocycles. The van der Waals surface area contributed by atoms with Crippen molar-refractivity contribution in [2.45, 2.75) is 65.4 Å². The van der Waals surface area contributed by atoms with Crippen LogP contribution in [-0.2, 0) is 0 Å². The van der Waals surface area contributed by atoms with Gasteiger partial charge < -0.3 is 10.4 Å². The highest BCUT2D eigenvalue weighted by Gasteiger charge is 2.20. The van der Waals surface area contributed by atoms with Gasteiger partial charge in [-0.25, -0.2) is 0 Å². The van der Waals surface area contributed by atoms with E-state index in [9.17, 15) is 5.11 Å². The van der Waals surface area contributed by atoms with Gasteiger partial charge in [0, 0.05) is 6.54 Å². The predicted octanol–water partition coefficient (Wildman–Crippen LogP) is 4.27. The second-order valence-electron chi connectivity index (χ2n) is 7.23. The van der Waals surface area contributed by atoms with Crippen molar-refractivity contribution in [1.82, 2.24) is 5.32 Å². The minimum Gasteiger partial charge on any atom is -0.389 e. The Morgan fingerprint density at radius 2 is 1.76 bits per heavy atom. The Balaban J connectivity index is 2.29. The molecule has 0 radical (unpaired) electrons. The first-order chi connectivity index (χ1) is 9.80. The normalized spacial score (nSPS) is 16.0. The van der Waals surface area contributed by atoms with E-state index in [-0.39, 0.29) is 0 Å². The molecule has 0 saturated carbocycles. The van der Waals surface area contributed by atoms with Gasteiger partial charge in [0.05, 0.1) is 5.60 Å². The van der Waals surface area contributed by atoms with Crippen LogP contribution < -0.4 is 5.32 Å². The van der Waals surface area contributed by atoms with Crippen LogP contribution in [0.15, 0.2) is 24.3 Å². The lowest BCUT2D eigenvalue weighted by atomic mass is 9.91. The van der Waals surface area contributed by atoms with Crippen LogP contribution in [0.4, 0.5) is 0 Å². The van der Waals surface area contributed by atoms with Crippen LogP contribution in [0.2, 0.25) is 0 Å². The fourth-order valence-corrected chi connectivity index (χ4v) is 2.57. The summed E-state index contributed by atoms with van der Waals surface area (Å²) in [5.74, 6) is 1.19. The first kappa shape index (κ1) is 18.2. The van der Waals surface area contributed by atoms with Gasteiger partial charge in [0.25, 0.3) is 0 Å². The molecule has 2 N–H and O–H groups in total. The van der Waals surface area contributed by atoms with E-state index in [0.717, 1.165) is 25.8 Å². The highest BCUT2D eigenvalue weighted by atomic mass is 16.3. The monoisotopic (exact) mass is 291 g/mol. The Kier molecular flexibility index (Phi) is 7.41. The van der Waals surface area contributed by atoms with Crippen LogP contribution in [0.1, 0.15) is 64.0 Å². The van der Waals surface area contributed by atoms with E-state index in [2.05, 4.69) is 57.3 Å². The Morgan fingerprint density at radius 3 is 2.33 bits per heavy atom. The fraction of sp³-hybridized carbons (Fsp3) is 0.684. The average molecular weight is 291 g/mol. The highest BCUT2D eigenvalue weighted by molar-refractivity contribution is 5.23. The molecule has 2 atom stereocenters. The third-order valence-corrected chi connectivity index (χ3v) is 4.06. The molecule has 0 bridgehead atoms. The molecule has 0 aromatic heterocycles. The summed E-state index contributed by atoms with van der Waals surface area (Å²) in [5.41, 5.74) is 2.12. The summed E-state index contributed by atoms with van der Waals surface area (Å²) in [6, 6.07) is 8.81. The minimum absolute atomic E-state index is 0.560. The lowest BCUT2D eigenvalue weighted by Crippen LogP contribution is -2.39. The molecule has 0 aliphatic heterocycles. The smallest absolute Gasteiger partial charge is 0.0743 e. The Hall–Kier alpha value is -0.860. The van der Waals surface area contributed by atoms with Gasteiger partial charge in [-0.1, -0.05) is 50.6 Å². The van der Waals surface area contributed by atoms with E-state index in [1.54, 1.807) is 0 Å². The van der Waals surface area contributed by atoms with Gasteiger partial charge in [-0.3, -0.25) is 0 Å². The molecule has 0 fully saturated rings. The number of aryl methyl sites for hydroxylation is 1. The SMILES string of the molecule is Cc1ccc(C(C)CCCC(C)(O)CNCC(C)C)cc1. The number of aliphatic hydroxyl groups is 1. The molecular formula is C19H33NO. The van der Waals surface area contributed by atoms with Gasteiger partial charge in [-0.05, 0) is 57.1 Å². The van der Waals surface area contributed by atoms with Crippen LogP contribution in [0.5, 0.6) is 0 Å². The van der Waals surface area contributed by atoms with E-state index in [4.69, 9.17) is 0 Å². The maximum absolute atomic E-state index is 10.4. The molecule has 120 valence electrons. The number of rotatable bonds is 9. The lowest BCUT2D eigenvalue weighted by Gasteiger charge is -2.25. The van der Waals surface area contributed by atoms with Crippen molar-refractivity contribution in [3.63, 3.8) is 0 Å². The van der Waals surface area contributed by atoms with Crippen molar-refractivity contribution in [3.05, 3.63) is 35.4 Å². The third-order valence-electron chi connectivity index (χ3n) is 4.06. The second-order valence-corrected chi connectivity index (χ2v) is 7.23. The van der Waals surface area contributed by atoms with Crippen LogP contribution in [-0.4, -0.2) is 23.8 Å². The Labute approximate surface area is 131 Å². The molecule has 0 heterocycles. The largest absolute Gasteiger partial charge is 0.389 e. The number of hydrogen-bond acceptors (Lipinski definition) is 2. The molecule has 2 nitrogen and oxygen atoms in total. The molecular weight excluding hydrogens is 258 g/mol. The number of nitrogens with one attached hydrogen (secondary N) is 1. The van der Waals surface area contributed by atoms with E-state index in [0.29, 0.717) is 18.4 Å². The first-order valence-corrected chi connectivity index (χ1v) is 8.30. The van der Waals surface area contributed by atoms with Crippen LogP contribution in [0.25, 0.3) is 0 Å². The van der Waals surface area contributed by atoms with Crippen molar-refractivity contribution in [2.75, 3.05) is 13.1 Å². The molecule has 0 saturated heterocycles. The zero-order valence-electron chi connectivity index (χ0n) is 14.4. The summed E-state index contributed by atoms with van der Waals surface area (Å²) in [7, 11) is 0. The summed E-state index contributed by atoms with van der Waals surface area (Å²) < 4.78 is 0. The summed E-state index contributed by atoms with van der Waals surface area (Å²) in [5, 5.41) is 13.7.